The number of aromatic nitrogens is 1. The summed E-state index contributed by atoms with van der Waals surface area (Å²) < 4.78 is 45.2. The molecule has 1 unspecified atom stereocenters. The van der Waals surface area contributed by atoms with Crippen LogP contribution in [0.15, 0.2) is 34.9 Å². The lowest BCUT2D eigenvalue weighted by atomic mass is 10.0. The van der Waals surface area contributed by atoms with Gasteiger partial charge in [0.05, 0.1) is 5.69 Å². The number of nitrogens with zero attached hydrogens (tertiary/aromatic N) is 2. The summed E-state index contributed by atoms with van der Waals surface area (Å²) in [6, 6.07) is 6.23. The first-order chi connectivity index (χ1) is 9.80. The highest BCUT2D eigenvalue weighted by Gasteiger charge is 2.43. The predicted octanol–water partition coefficient (Wildman–Crippen LogP) is 4.03. The van der Waals surface area contributed by atoms with Crippen LogP contribution in [0.1, 0.15) is 28.6 Å². The molecular weight excluding hydrogens is 281 g/mol. The monoisotopic (exact) mass is 298 g/mol. The maximum atomic E-state index is 13.4. The largest absolute Gasteiger partial charge is 0.408 e. The van der Waals surface area contributed by atoms with E-state index < -0.39 is 12.2 Å². The summed E-state index contributed by atoms with van der Waals surface area (Å²) in [5, 5.41) is 3.78. The van der Waals surface area contributed by atoms with Crippen LogP contribution in [-0.2, 0) is 6.54 Å². The second-order valence-corrected chi connectivity index (χ2v) is 5.07. The summed E-state index contributed by atoms with van der Waals surface area (Å²) >= 11 is 0. The molecule has 0 radical (unpaired) electrons. The van der Waals surface area contributed by atoms with E-state index in [0.717, 1.165) is 0 Å². The van der Waals surface area contributed by atoms with Crippen molar-refractivity contribution in [1.29, 1.82) is 0 Å². The zero-order valence-electron chi connectivity index (χ0n) is 12.1. The Bertz CT molecular complexity index is 573. The lowest BCUT2D eigenvalue weighted by Gasteiger charge is -2.30. The Labute approximate surface area is 121 Å². The maximum Gasteiger partial charge on any atom is 0.408 e. The van der Waals surface area contributed by atoms with Crippen LogP contribution in [0, 0.1) is 13.8 Å². The van der Waals surface area contributed by atoms with Gasteiger partial charge in [0.25, 0.3) is 0 Å². The van der Waals surface area contributed by atoms with Crippen molar-refractivity contribution in [2.45, 2.75) is 32.6 Å². The van der Waals surface area contributed by atoms with Crippen molar-refractivity contribution < 1.29 is 17.7 Å². The summed E-state index contributed by atoms with van der Waals surface area (Å²) in [7, 11) is 1.46. The number of hydrogen-bond donors (Lipinski definition) is 0. The molecule has 114 valence electrons. The summed E-state index contributed by atoms with van der Waals surface area (Å²) in [6.07, 6.45) is -4.35. The second-order valence-electron chi connectivity index (χ2n) is 5.07. The molecule has 0 amide bonds. The van der Waals surface area contributed by atoms with E-state index in [4.69, 9.17) is 4.52 Å². The molecule has 21 heavy (non-hydrogen) atoms. The Morgan fingerprint density at radius 1 is 1.19 bits per heavy atom. The third-order valence-corrected chi connectivity index (χ3v) is 3.45. The van der Waals surface area contributed by atoms with Gasteiger partial charge in [0.2, 0.25) is 0 Å². The molecule has 1 heterocycles. The maximum absolute atomic E-state index is 13.4. The van der Waals surface area contributed by atoms with E-state index >= 15 is 0 Å². The minimum absolute atomic E-state index is 0.125. The fourth-order valence-electron chi connectivity index (χ4n) is 2.40. The van der Waals surface area contributed by atoms with Gasteiger partial charge in [0.1, 0.15) is 11.8 Å². The van der Waals surface area contributed by atoms with Crippen molar-refractivity contribution in [2.24, 2.45) is 0 Å². The van der Waals surface area contributed by atoms with Crippen LogP contribution >= 0.6 is 0 Å². The first-order valence-electron chi connectivity index (χ1n) is 6.54. The van der Waals surface area contributed by atoms with Crippen molar-refractivity contribution in [2.75, 3.05) is 7.05 Å². The van der Waals surface area contributed by atoms with Gasteiger partial charge in [-0.25, -0.2) is 0 Å². The van der Waals surface area contributed by atoms with Gasteiger partial charge in [-0.2, -0.15) is 13.2 Å². The third-order valence-electron chi connectivity index (χ3n) is 3.45. The summed E-state index contributed by atoms with van der Waals surface area (Å²) in [6.45, 7) is 3.55. The van der Waals surface area contributed by atoms with Gasteiger partial charge < -0.3 is 4.52 Å². The molecule has 0 N–H and O–H groups in total. The first kappa shape index (κ1) is 15.6. The van der Waals surface area contributed by atoms with E-state index in [2.05, 4.69) is 5.16 Å². The molecule has 0 fully saturated rings. The molecule has 1 atom stereocenters. The molecule has 0 saturated heterocycles. The highest BCUT2D eigenvalue weighted by molar-refractivity contribution is 5.23. The van der Waals surface area contributed by atoms with Gasteiger partial charge >= 0.3 is 6.18 Å². The fraction of sp³-hybridized carbons (Fsp3) is 0.400. The standard InChI is InChI=1S/C15H17F3N2O/c1-10-13(11(2)21-19-10)9-20(3)14(15(16,17)18)12-7-5-4-6-8-12/h4-8,14H,9H2,1-3H3. The Hall–Kier alpha value is -1.82. The van der Waals surface area contributed by atoms with Crippen LogP contribution in [0.3, 0.4) is 0 Å². The first-order valence-corrected chi connectivity index (χ1v) is 6.54. The number of alkyl halides is 3. The predicted molar refractivity (Wildman–Crippen MR) is 72.7 cm³/mol. The van der Waals surface area contributed by atoms with Crippen LogP contribution in [0.4, 0.5) is 13.2 Å². The summed E-state index contributed by atoms with van der Waals surface area (Å²) in [5.74, 6) is 0.549. The van der Waals surface area contributed by atoms with Crippen molar-refractivity contribution in [1.82, 2.24) is 10.1 Å². The smallest absolute Gasteiger partial charge is 0.361 e. The Morgan fingerprint density at radius 2 is 1.81 bits per heavy atom. The van der Waals surface area contributed by atoms with E-state index in [9.17, 15) is 13.2 Å². The second kappa shape index (κ2) is 5.89. The molecule has 0 saturated carbocycles. The number of aryl methyl sites for hydroxylation is 2. The van der Waals surface area contributed by atoms with Gasteiger partial charge in [-0.3, -0.25) is 4.90 Å². The Morgan fingerprint density at radius 3 is 2.29 bits per heavy atom. The molecule has 3 nitrogen and oxygen atoms in total. The van der Waals surface area contributed by atoms with E-state index in [-0.39, 0.29) is 12.1 Å². The van der Waals surface area contributed by atoms with Crippen molar-refractivity contribution in [3.8, 4) is 0 Å². The van der Waals surface area contributed by atoms with E-state index in [1.165, 1.54) is 24.1 Å². The molecule has 1 aromatic carbocycles. The van der Waals surface area contributed by atoms with E-state index in [0.29, 0.717) is 17.0 Å². The van der Waals surface area contributed by atoms with E-state index in [1.807, 2.05) is 0 Å². The van der Waals surface area contributed by atoms with Gasteiger partial charge in [-0.1, -0.05) is 35.5 Å². The lowest BCUT2D eigenvalue weighted by Crippen LogP contribution is -2.35. The van der Waals surface area contributed by atoms with Gasteiger partial charge in [-0.15, -0.1) is 0 Å². The van der Waals surface area contributed by atoms with Crippen LogP contribution < -0.4 is 0 Å². The van der Waals surface area contributed by atoms with Crippen LogP contribution in [-0.4, -0.2) is 23.3 Å². The molecule has 2 rings (SSSR count). The average Bonchev–Trinajstić information content (AvgIpc) is 2.70. The molecule has 0 bridgehead atoms. The zero-order valence-corrected chi connectivity index (χ0v) is 12.1. The van der Waals surface area contributed by atoms with E-state index in [1.54, 1.807) is 32.0 Å². The molecule has 0 aliphatic heterocycles. The molecule has 2 aromatic rings. The van der Waals surface area contributed by atoms with Gasteiger partial charge in [-0.05, 0) is 26.5 Å². The van der Waals surface area contributed by atoms with Crippen LogP contribution in [0.2, 0.25) is 0 Å². The highest BCUT2D eigenvalue weighted by atomic mass is 19.4. The quantitative estimate of drug-likeness (QED) is 0.853. The molecule has 0 spiro atoms. The number of rotatable bonds is 4. The van der Waals surface area contributed by atoms with Crippen LogP contribution in [0.5, 0.6) is 0 Å². The van der Waals surface area contributed by atoms with Crippen molar-refractivity contribution in [3.63, 3.8) is 0 Å². The molecule has 6 heteroatoms. The van der Waals surface area contributed by atoms with Crippen LogP contribution in [0.25, 0.3) is 0 Å². The molecular formula is C15H17F3N2O. The minimum Gasteiger partial charge on any atom is -0.361 e. The van der Waals surface area contributed by atoms with Crippen molar-refractivity contribution in [3.05, 3.63) is 52.9 Å². The fourth-order valence-corrected chi connectivity index (χ4v) is 2.40. The SMILES string of the molecule is Cc1noc(C)c1CN(C)C(c1ccccc1)C(F)(F)F. The van der Waals surface area contributed by atoms with Gasteiger partial charge in [0.15, 0.2) is 0 Å². The molecule has 0 aliphatic carbocycles. The number of hydrogen-bond acceptors (Lipinski definition) is 3. The number of benzene rings is 1. The molecule has 1 aromatic heterocycles. The minimum atomic E-state index is -4.35. The number of halogens is 3. The van der Waals surface area contributed by atoms with Gasteiger partial charge in [0, 0.05) is 12.1 Å². The third kappa shape index (κ3) is 3.44. The Balaban J connectivity index is 2.30. The summed E-state index contributed by atoms with van der Waals surface area (Å²) in [5.41, 5.74) is 1.54. The summed E-state index contributed by atoms with van der Waals surface area (Å²) in [4.78, 5) is 1.27. The highest BCUT2D eigenvalue weighted by Crippen LogP contribution is 2.37. The normalized spacial score (nSPS) is 13.7. The molecule has 0 aliphatic rings. The average molecular weight is 298 g/mol. The zero-order chi connectivity index (χ0) is 15.6. The Kier molecular flexibility index (Phi) is 4.37. The lowest BCUT2D eigenvalue weighted by molar-refractivity contribution is -0.184. The topological polar surface area (TPSA) is 29.3 Å². The van der Waals surface area contributed by atoms with Crippen molar-refractivity contribution >= 4 is 0 Å².